The van der Waals surface area contributed by atoms with Crippen LogP contribution in [0.3, 0.4) is 0 Å². The van der Waals surface area contributed by atoms with Crippen LogP contribution in [-0.4, -0.2) is 28.9 Å². The molecule has 1 aliphatic rings. The van der Waals surface area contributed by atoms with Gasteiger partial charge in [0.25, 0.3) is 5.91 Å². The van der Waals surface area contributed by atoms with Gasteiger partial charge >= 0.3 is 0 Å². The second-order valence-electron chi connectivity index (χ2n) is 6.53. The summed E-state index contributed by atoms with van der Waals surface area (Å²) in [6.07, 6.45) is 5.37. The van der Waals surface area contributed by atoms with Gasteiger partial charge in [-0.05, 0) is 55.0 Å². The molecule has 1 aliphatic carbocycles. The van der Waals surface area contributed by atoms with Gasteiger partial charge in [-0.1, -0.05) is 23.7 Å². The van der Waals surface area contributed by atoms with Gasteiger partial charge in [0, 0.05) is 30.2 Å². The molecule has 1 aromatic carbocycles. The SMILES string of the molecule is CC(=O)NC1CCC(NC(=O)c2cc(-c3ccc(Cl)cc3)c[nH]2)CC1. The van der Waals surface area contributed by atoms with E-state index in [-0.39, 0.29) is 23.9 Å². The van der Waals surface area contributed by atoms with Crippen molar-refractivity contribution in [3.05, 3.63) is 47.2 Å². The number of rotatable bonds is 4. The molecule has 0 unspecified atom stereocenters. The molecule has 2 amide bonds. The average molecular weight is 360 g/mol. The number of aromatic amines is 1. The Labute approximate surface area is 152 Å². The maximum Gasteiger partial charge on any atom is 0.267 e. The molecule has 25 heavy (non-hydrogen) atoms. The van der Waals surface area contributed by atoms with Crippen molar-refractivity contribution < 1.29 is 9.59 Å². The number of aromatic nitrogens is 1. The van der Waals surface area contributed by atoms with Crippen molar-refractivity contribution in [2.45, 2.75) is 44.7 Å². The van der Waals surface area contributed by atoms with E-state index in [2.05, 4.69) is 15.6 Å². The van der Waals surface area contributed by atoms with Crippen molar-refractivity contribution in [1.82, 2.24) is 15.6 Å². The van der Waals surface area contributed by atoms with Crippen molar-refractivity contribution >= 4 is 23.4 Å². The molecule has 0 aliphatic heterocycles. The topological polar surface area (TPSA) is 74.0 Å². The highest BCUT2D eigenvalue weighted by atomic mass is 35.5. The van der Waals surface area contributed by atoms with E-state index in [1.54, 1.807) is 0 Å². The molecule has 1 fully saturated rings. The predicted molar refractivity (Wildman–Crippen MR) is 98.6 cm³/mol. The summed E-state index contributed by atoms with van der Waals surface area (Å²) in [4.78, 5) is 26.6. The second-order valence-corrected chi connectivity index (χ2v) is 6.97. The minimum absolute atomic E-state index is 0.00796. The summed E-state index contributed by atoms with van der Waals surface area (Å²) < 4.78 is 0. The first-order valence-corrected chi connectivity index (χ1v) is 8.91. The van der Waals surface area contributed by atoms with Crippen LogP contribution in [-0.2, 0) is 4.79 Å². The zero-order valence-electron chi connectivity index (χ0n) is 14.1. The Bertz CT molecular complexity index is 746. The number of H-pyrrole nitrogens is 1. The summed E-state index contributed by atoms with van der Waals surface area (Å²) in [5.74, 6) is -0.0863. The molecule has 6 heteroatoms. The summed E-state index contributed by atoms with van der Waals surface area (Å²) in [5, 5.41) is 6.71. The number of benzene rings is 1. The fourth-order valence-electron chi connectivity index (χ4n) is 3.27. The number of hydrogen-bond acceptors (Lipinski definition) is 2. The van der Waals surface area contributed by atoms with Gasteiger partial charge in [-0.25, -0.2) is 0 Å². The second kappa shape index (κ2) is 7.74. The molecule has 3 rings (SSSR count). The fourth-order valence-corrected chi connectivity index (χ4v) is 3.39. The Morgan fingerprint density at radius 3 is 2.20 bits per heavy atom. The van der Waals surface area contributed by atoms with Crippen molar-refractivity contribution in [2.75, 3.05) is 0 Å². The van der Waals surface area contributed by atoms with Crippen LogP contribution >= 0.6 is 11.6 Å². The predicted octanol–water partition coefficient (Wildman–Crippen LogP) is 3.51. The zero-order valence-corrected chi connectivity index (χ0v) is 14.9. The van der Waals surface area contributed by atoms with Crippen molar-refractivity contribution in [3.8, 4) is 11.1 Å². The smallest absolute Gasteiger partial charge is 0.267 e. The van der Waals surface area contributed by atoms with Gasteiger partial charge in [-0.3, -0.25) is 9.59 Å². The molecule has 0 saturated heterocycles. The first kappa shape index (κ1) is 17.5. The van der Waals surface area contributed by atoms with Gasteiger partial charge in [0.1, 0.15) is 5.69 Å². The third-order valence-corrected chi connectivity index (χ3v) is 4.83. The van der Waals surface area contributed by atoms with Crippen LogP contribution in [0.1, 0.15) is 43.1 Å². The lowest BCUT2D eigenvalue weighted by atomic mass is 9.91. The van der Waals surface area contributed by atoms with Crippen molar-refractivity contribution in [3.63, 3.8) is 0 Å². The monoisotopic (exact) mass is 359 g/mol. The molecule has 1 heterocycles. The number of hydrogen-bond donors (Lipinski definition) is 3. The Hall–Kier alpha value is -2.27. The molecule has 1 saturated carbocycles. The van der Waals surface area contributed by atoms with Gasteiger partial charge in [0.2, 0.25) is 5.91 Å². The quantitative estimate of drug-likeness (QED) is 0.781. The zero-order chi connectivity index (χ0) is 17.8. The van der Waals surface area contributed by atoms with Crippen LogP contribution in [0.4, 0.5) is 0 Å². The highest BCUT2D eigenvalue weighted by Crippen LogP contribution is 2.23. The molecular formula is C19H22ClN3O2. The van der Waals surface area contributed by atoms with Crippen LogP contribution in [0.2, 0.25) is 5.02 Å². The summed E-state index contributed by atoms with van der Waals surface area (Å²) in [6, 6.07) is 9.75. The average Bonchev–Trinajstić information content (AvgIpc) is 3.07. The lowest BCUT2D eigenvalue weighted by Crippen LogP contribution is -2.43. The maximum atomic E-state index is 12.4. The van der Waals surface area contributed by atoms with Crippen molar-refractivity contribution in [2.24, 2.45) is 0 Å². The summed E-state index contributed by atoms with van der Waals surface area (Å²) in [6.45, 7) is 1.54. The lowest BCUT2D eigenvalue weighted by molar-refractivity contribution is -0.119. The molecular weight excluding hydrogens is 338 g/mol. The van der Waals surface area contributed by atoms with E-state index in [1.807, 2.05) is 36.5 Å². The molecule has 1 aromatic heterocycles. The normalized spacial score (nSPS) is 20.1. The highest BCUT2D eigenvalue weighted by Gasteiger charge is 2.23. The lowest BCUT2D eigenvalue weighted by Gasteiger charge is -2.29. The Balaban J connectivity index is 1.56. The van der Waals surface area contributed by atoms with E-state index in [0.717, 1.165) is 36.8 Å². The molecule has 0 spiro atoms. The molecule has 2 aromatic rings. The number of carbonyl (C=O) groups is 2. The molecule has 132 valence electrons. The van der Waals surface area contributed by atoms with Crippen LogP contribution in [0.15, 0.2) is 36.5 Å². The van der Waals surface area contributed by atoms with E-state index in [1.165, 1.54) is 6.92 Å². The first-order chi connectivity index (χ1) is 12.0. The van der Waals surface area contributed by atoms with Crippen LogP contribution in [0, 0.1) is 0 Å². The minimum Gasteiger partial charge on any atom is -0.357 e. The van der Waals surface area contributed by atoms with Crippen molar-refractivity contribution in [1.29, 1.82) is 0 Å². The Kier molecular flexibility index (Phi) is 5.43. The summed E-state index contributed by atoms with van der Waals surface area (Å²) in [5.41, 5.74) is 2.51. The van der Waals surface area contributed by atoms with Gasteiger partial charge in [0.15, 0.2) is 0 Å². The molecule has 0 bridgehead atoms. The van der Waals surface area contributed by atoms with E-state index < -0.39 is 0 Å². The standard InChI is InChI=1S/C19H22ClN3O2/c1-12(24)22-16-6-8-17(9-7-16)23-19(25)18-10-14(11-21-18)13-2-4-15(20)5-3-13/h2-5,10-11,16-17,21H,6-9H2,1H3,(H,22,24)(H,23,25). The number of carbonyl (C=O) groups excluding carboxylic acids is 2. The van der Waals surface area contributed by atoms with Gasteiger partial charge in [0.05, 0.1) is 0 Å². The third kappa shape index (κ3) is 4.63. The number of halogens is 1. The number of nitrogens with one attached hydrogen (secondary N) is 3. The van der Waals surface area contributed by atoms with E-state index in [4.69, 9.17) is 11.6 Å². The first-order valence-electron chi connectivity index (χ1n) is 8.53. The largest absolute Gasteiger partial charge is 0.357 e. The van der Waals surface area contributed by atoms with Crippen LogP contribution < -0.4 is 10.6 Å². The van der Waals surface area contributed by atoms with E-state index >= 15 is 0 Å². The number of amides is 2. The van der Waals surface area contributed by atoms with Crippen LogP contribution in [0.5, 0.6) is 0 Å². The highest BCUT2D eigenvalue weighted by molar-refractivity contribution is 6.30. The molecule has 5 nitrogen and oxygen atoms in total. The van der Waals surface area contributed by atoms with E-state index in [0.29, 0.717) is 10.7 Å². The van der Waals surface area contributed by atoms with Gasteiger partial charge in [-0.15, -0.1) is 0 Å². The Morgan fingerprint density at radius 1 is 1.00 bits per heavy atom. The molecule has 3 N–H and O–H groups in total. The van der Waals surface area contributed by atoms with Gasteiger partial charge in [-0.2, -0.15) is 0 Å². The minimum atomic E-state index is -0.0943. The third-order valence-electron chi connectivity index (χ3n) is 4.57. The van der Waals surface area contributed by atoms with Gasteiger partial charge < -0.3 is 15.6 Å². The molecule has 0 atom stereocenters. The maximum absolute atomic E-state index is 12.4. The van der Waals surface area contributed by atoms with Crippen LogP contribution in [0.25, 0.3) is 11.1 Å². The Morgan fingerprint density at radius 2 is 1.60 bits per heavy atom. The summed E-state index contributed by atoms with van der Waals surface area (Å²) in [7, 11) is 0. The molecule has 0 radical (unpaired) electrons. The summed E-state index contributed by atoms with van der Waals surface area (Å²) >= 11 is 5.91. The fraction of sp³-hybridized carbons (Fsp3) is 0.368. The van der Waals surface area contributed by atoms with E-state index in [9.17, 15) is 9.59 Å².